The van der Waals surface area contributed by atoms with Crippen molar-refractivity contribution in [3.8, 4) is 10.6 Å². The van der Waals surface area contributed by atoms with Crippen LogP contribution in [0, 0.1) is 6.92 Å². The first kappa shape index (κ1) is 22.6. The molecular weight excluding hydrogens is 424 g/mol. The monoisotopic (exact) mass is 447 g/mol. The van der Waals surface area contributed by atoms with Gasteiger partial charge in [-0.15, -0.1) is 10.2 Å². The van der Waals surface area contributed by atoms with Gasteiger partial charge in [-0.05, 0) is 6.92 Å². The van der Waals surface area contributed by atoms with E-state index in [4.69, 9.17) is 0 Å². The number of hydrogen-bond acceptors (Lipinski definition) is 8. The van der Waals surface area contributed by atoms with Gasteiger partial charge in [-0.1, -0.05) is 32.1 Å². The summed E-state index contributed by atoms with van der Waals surface area (Å²) >= 11 is 1.41. The second-order valence-corrected chi connectivity index (χ2v) is 9.17. The minimum atomic E-state index is -3.19. The summed E-state index contributed by atoms with van der Waals surface area (Å²) in [5.41, 5.74) is 1.29. The molecule has 0 atom stereocenters. The third-order valence-corrected chi connectivity index (χ3v) is 5.40. The molecule has 0 bridgehead atoms. The first-order valence-corrected chi connectivity index (χ1v) is 10.3. The quantitative estimate of drug-likeness (QED) is 0.578. The lowest BCUT2D eigenvalue weighted by molar-refractivity contribution is -0.114. The van der Waals surface area contributed by atoms with Gasteiger partial charge in [0.2, 0.25) is 11.7 Å². The van der Waals surface area contributed by atoms with Gasteiger partial charge in [0.1, 0.15) is 16.6 Å². The first-order valence-electron chi connectivity index (χ1n) is 9.46. The van der Waals surface area contributed by atoms with Crippen molar-refractivity contribution < 1.29 is 13.6 Å². The van der Waals surface area contributed by atoms with Crippen molar-refractivity contribution in [3.63, 3.8) is 0 Å². The molecule has 0 unspecified atom stereocenters. The zero-order valence-corrected chi connectivity index (χ0v) is 18.9. The number of pyridine rings is 1. The number of alkyl halides is 2. The van der Waals surface area contributed by atoms with E-state index in [1.54, 1.807) is 25.3 Å². The Kier molecular flexibility index (Phi) is 5.99. The Morgan fingerprint density at radius 1 is 1.06 bits per heavy atom. The fourth-order valence-corrected chi connectivity index (χ4v) is 3.51. The zero-order valence-electron chi connectivity index (χ0n) is 18.0. The number of halogens is 2. The molecule has 0 aliphatic heterocycles. The van der Waals surface area contributed by atoms with Crippen molar-refractivity contribution in [2.24, 2.45) is 0 Å². The molecule has 0 fully saturated rings. The molecular formula is C20H23F2N7OS. The predicted octanol–water partition coefficient (Wildman–Crippen LogP) is 4.81. The largest absolute Gasteiger partial charge is 0.339 e. The number of nitrogens with zero attached hydrogens (tertiary/aromatic N) is 5. The van der Waals surface area contributed by atoms with Gasteiger partial charge in [-0.2, -0.15) is 8.78 Å². The number of nitrogens with one attached hydrogen (secondary N) is 2. The maximum atomic E-state index is 13.8. The number of rotatable bonds is 5. The molecule has 3 aromatic heterocycles. The maximum absolute atomic E-state index is 13.8. The fourth-order valence-electron chi connectivity index (χ4n) is 2.58. The van der Waals surface area contributed by atoms with E-state index in [2.05, 4.69) is 35.8 Å². The van der Waals surface area contributed by atoms with Gasteiger partial charge in [0.15, 0.2) is 5.01 Å². The third kappa shape index (κ3) is 5.54. The van der Waals surface area contributed by atoms with E-state index in [-0.39, 0.29) is 17.1 Å². The lowest BCUT2D eigenvalue weighted by Crippen LogP contribution is -2.14. The molecule has 3 rings (SSSR count). The summed E-state index contributed by atoms with van der Waals surface area (Å²) in [5.74, 6) is -3.58. The molecule has 0 aromatic carbocycles. The SMILES string of the molecule is CC(=O)Nc1cc(Nc2cc(C)nc(C(C)(F)F)n2)c(-c2nnc(C(C)(C)C)s2)cn1. The van der Waals surface area contributed by atoms with Crippen LogP contribution in [-0.4, -0.2) is 31.1 Å². The number of aromatic nitrogens is 5. The molecule has 8 nitrogen and oxygen atoms in total. The number of carbonyl (C=O) groups excluding carboxylic acids is 1. The van der Waals surface area contributed by atoms with Gasteiger partial charge in [0, 0.05) is 43.3 Å². The number of amides is 1. The van der Waals surface area contributed by atoms with Crippen molar-refractivity contribution >= 4 is 34.6 Å². The normalized spacial score (nSPS) is 12.0. The smallest absolute Gasteiger partial charge is 0.303 e. The van der Waals surface area contributed by atoms with E-state index in [1.807, 2.05) is 20.8 Å². The summed E-state index contributed by atoms with van der Waals surface area (Å²) in [4.78, 5) is 23.5. The summed E-state index contributed by atoms with van der Waals surface area (Å²) in [5, 5.41) is 15.6. The Labute approximate surface area is 182 Å². The topological polar surface area (TPSA) is 106 Å². The van der Waals surface area contributed by atoms with E-state index in [0.29, 0.717) is 27.8 Å². The molecule has 0 saturated carbocycles. The Morgan fingerprint density at radius 2 is 1.77 bits per heavy atom. The maximum Gasteiger partial charge on any atom is 0.303 e. The molecule has 0 saturated heterocycles. The van der Waals surface area contributed by atoms with Crippen LogP contribution in [0.2, 0.25) is 0 Å². The summed E-state index contributed by atoms with van der Waals surface area (Å²) in [6, 6.07) is 3.15. The van der Waals surface area contributed by atoms with E-state index in [9.17, 15) is 13.6 Å². The van der Waals surface area contributed by atoms with E-state index >= 15 is 0 Å². The van der Waals surface area contributed by atoms with Crippen LogP contribution >= 0.6 is 11.3 Å². The highest BCUT2D eigenvalue weighted by Crippen LogP contribution is 2.36. The Balaban J connectivity index is 2.08. The highest BCUT2D eigenvalue weighted by atomic mass is 32.1. The van der Waals surface area contributed by atoms with E-state index < -0.39 is 11.7 Å². The van der Waals surface area contributed by atoms with Crippen LogP contribution in [0.3, 0.4) is 0 Å². The molecule has 1 amide bonds. The van der Waals surface area contributed by atoms with Crippen molar-refractivity contribution in [1.29, 1.82) is 0 Å². The van der Waals surface area contributed by atoms with Gasteiger partial charge >= 0.3 is 5.92 Å². The van der Waals surface area contributed by atoms with Crippen molar-refractivity contribution in [2.45, 2.75) is 52.9 Å². The average Bonchev–Trinajstić information content (AvgIpc) is 3.10. The standard InChI is InChI=1S/C20H23F2N7OS/c1-10-7-15(27-17(24-10)20(6,21)22)26-13-8-14(25-11(2)30)23-9-12(13)16-28-29-18(31-16)19(3,4)5/h7-9H,1-6H3,(H2,23,24,25,26,27,30). The van der Waals surface area contributed by atoms with Crippen molar-refractivity contribution in [1.82, 2.24) is 25.1 Å². The molecule has 0 aliphatic rings. The number of carbonyl (C=O) groups is 1. The van der Waals surface area contributed by atoms with Gasteiger partial charge in [-0.3, -0.25) is 4.79 Å². The lowest BCUT2D eigenvalue weighted by Gasteiger charge is -2.15. The van der Waals surface area contributed by atoms with Crippen LogP contribution < -0.4 is 10.6 Å². The summed E-state index contributed by atoms with van der Waals surface area (Å²) in [6.45, 7) is 9.82. The Morgan fingerprint density at radius 3 is 2.35 bits per heavy atom. The van der Waals surface area contributed by atoms with Crippen LogP contribution in [0.5, 0.6) is 0 Å². The molecule has 31 heavy (non-hydrogen) atoms. The molecule has 3 heterocycles. The van der Waals surface area contributed by atoms with Crippen molar-refractivity contribution in [2.75, 3.05) is 10.6 Å². The fraction of sp³-hybridized carbons (Fsp3) is 0.400. The second kappa shape index (κ2) is 8.22. The Bertz CT molecular complexity index is 1120. The minimum Gasteiger partial charge on any atom is -0.339 e. The van der Waals surface area contributed by atoms with Crippen LogP contribution in [0.25, 0.3) is 10.6 Å². The summed E-state index contributed by atoms with van der Waals surface area (Å²) < 4.78 is 27.6. The minimum absolute atomic E-state index is 0.182. The highest BCUT2D eigenvalue weighted by Gasteiger charge is 2.29. The number of aryl methyl sites for hydroxylation is 1. The number of hydrogen-bond donors (Lipinski definition) is 2. The first-order chi connectivity index (χ1) is 14.3. The zero-order chi connectivity index (χ0) is 23.0. The van der Waals surface area contributed by atoms with Crippen LogP contribution in [0.1, 0.15) is 51.1 Å². The van der Waals surface area contributed by atoms with Crippen LogP contribution in [0.4, 0.5) is 26.1 Å². The lowest BCUT2D eigenvalue weighted by atomic mass is 9.98. The predicted molar refractivity (Wildman–Crippen MR) is 116 cm³/mol. The van der Waals surface area contributed by atoms with Gasteiger partial charge < -0.3 is 10.6 Å². The van der Waals surface area contributed by atoms with Gasteiger partial charge in [0.25, 0.3) is 0 Å². The van der Waals surface area contributed by atoms with Crippen molar-refractivity contribution in [3.05, 3.63) is 34.9 Å². The summed E-state index contributed by atoms with van der Waals surface area (Å²) in [6.07, 6.45) is 1.55. The van der Waals surface area contributed by atoms with Crippen LogP contribution in [-0.2, 0) is 16.1 Å². The highest BCUT2D eigenvalue weighted by molar-refractivity contribution is 7.14. The molecule has 2 N–H and O–H groups in total. The molecule has 3 aromatic rings. The summed E-state index contributed by atoms with van der Waals surface area (Å²) in [7, 11) is 0. The molecule has 0 spiro atoms. The molecule has 11 heteroatoms. The number of anilines is 3. The van der Waals surface area contributed by atoms with E-state index in [0.717, 1.165) is 11.9 Å². The van der Waals surface area contributed by atoms with E-state index in [1.165, 1.54) is 18.3 Å². The molecule has 0 aliphatic carbocycles. The molecule has 164 valence electrons. The Hall–Kier alpha value is -3.08. The van der Waals surface area contributed by atoms with Crippen LogP contribution in [0.15, 0.2) is 18.3 Å². The third-order valence-electron chi connectivity index (χ3n) is 4.01. The average molecular weight is 448 g/mol. The molecule has 0 radical (unpaired) electrons. The van der Waals surface area contributed by atoms with Gasteiger partial charge in [0.05, 0.1) is 11.3 Å². The van der Waals surface area contributed by atoms with Gasteiger partial charge in [-0.25, -0.2) is 15.0 Å². The second-order valence-electron chi connectivity index (χ2n) is 8.19.